The molecule has 3 aromatic rings. The van der Waals surface area contributed by atoms with Crippen LogP contribution in [0.15, 0.2) is 46.1 Å². The molecule has 24 heavy (non-hydrogen) atoms. The first-order chi connectivity index (χ1) is 11.3. The second kappa shape index (κ2) is 6.11. The van der Waals surface area contributed by atoms with Gasteiger partial charge in [0.25, 0.3) is 5.56 Å². The normalized spacial score (nSPS) is 11.5. The fraction of sp³-hybridized carbons (Fsp3) is 0.0714. The van der Waals surface area contributed by atoms with E-state index in [4.69, 9.17) is 0 Å². The second-order valence-electron chi connectivity index (χ2n) is 4.61. The third-order valence-electron chi connectivity index (χ3n) is 2.98. The minimum absolute atomic E-state index is 0.225. The molecule has 0 aliphatic heterocycles. The number of ether oxygens (including phenoxy) is 1. The number of benzene rings is 1. The molecule has 0 amide bonds. The predicted molar refractivity (Wildman–Crippen MR) is 84.3 cm³/mol. The van der Waals surface area contributed by atoms with Crippen LogP contribution in [0, 0.1) is 0 Å². The largest absolute Gasteiger partial charge is 0.573 e. The summed E-state index contributed by atoms with van der Waals surface area (Å²) in [5.74, 6) is -0.117. The van der Waals surface area contributed by atoms with Gasteiger partial charge in [0.2, 0.25) is 0 Å². The molecule has 0 atom stereocenters. The highest BCUT2D eigenvalue weighted by Crippen LogP contribution is 2.27. The molecule has 0 bridgehead atoms. The zero-order valence-electron chi connectivity index (χ0n) is 11.7. The van der Waals surface area contributed by atoms with Gasteiger partial charge in [-0.25, -0.2) is 9.97 Å². The number of pyridine rings is 1. The highest BCUT2D eigenvalue weighted by atomic mass is 79.9. The number of rotatable bonds is 3. The third kappa shape index (κ3) is 3.48. The first-order valence-electron chi connectivity index (χ1n) is 6.48. The van der Waals surface area contributed by atoms with Crippen LogP contribution in [0.3, 0.4) is 0 Å². The van der Waals surface area contributed by atoms with Crippen molar-refractivity contribution in [2.75, 3.05) is 5.32 Å². The fourth-order valence-corrected chi connectivity index (χ4v) is 2.44. The van der Waals surface area contributed by atoms with Crippen molar-refractivity contribution in [1.29, 1.82) is 0 Å². The Balaban J connectivity index is 1.93. The SMILES string of the molecule is O=c1[nH]cc(Br)c2ncnc(Nc3ccc(OC(F)(F)F)cc3)c12. The number of fused-ring (bicyclic) bond motifs is 1. The number of aromatic amines is 1. The molecule has 10 heteroatoms. The summed E-state index contributed by atoms with van der Waals surface area (Å²) in [6.45, 7) is 0. The number of halogens is 4. The van der Waals surface area contributed by atoms with Crippen LogP contribution >= 0.6 is 15.9 Å². The summed E-state index contributed by atoms with van der Waals surface area (Å²) >= 11 is 3.28. The van der Waals surface area contributed by atoms with E-state index in [1.807, 2.05) is 0 Å². The van der Waals surface area contributed by atoms with Crippen LogP contribution in [-0.2, 0) is 0 Å². The van der Waals surface area contributed by atoms with Crippen molar-refractivity contribution >= 4 is 38.3 Å². The van der Waals surface area contributed by atoms with E-state index in [1.54, 1.807) is 0 Å². The fourth-order valence-electron chi connectivity index (χ4n) is 2.02. The van der Waals surface area contributed by atoms with Crippen molar-refractivity contribution < 1.29 is 17.9 Å². The quantitative estimate of drug-likeness (QED) is 0.700. The van der Waals surface area contributed by atoms with E-state index >= 15 is 0 Å². The van der Waals surface area contributed by atoms with Crippen molar-refractivity contribution in [3.05, 3.63) is 51.6 Å². The van der Waals surface area contributed by atoms with Gasteiger partial charge in [-0.3, -0.25) is 4.79 Å². The average Bonchev–Trinajstić information content (AvgIpc) is 2.52. The summed E-state index contributed by atoms with van der Waals surface area (Å²) in [6.07, 6.45) is -2.02. The molecule has 124 valence electrons. The van der Waals surface area contributed by atoms with Crippen LogP contribution in [0.25, 0.3) is 10.9 Å². The molecule has 1 aromatic carbocycles. The van der Waals surface area contributed by atoms with Gasteiger partial charge in [-0.2, -0.15) is 0 Å². The van der Waals surface area contributed by atoms with E-state index in [0.717, 1.165) is 12.1 Å². The van der Waals surface area contributed by atoms with Gasteiger partial charge in [-0.15, -0.1) is 13.2 Å². The Bertz CT molecular complexity index is 941. The van der Waals surface area contributed by atoms with Gasteiger partial charge in [0.05, 0.1) is 9.99 Å². The number of nitrogens with one attached hydrogen (secondary N) is 2. The molecule has 0 unspecified atom stereocenters. The lowest BCUT2D eigenvalue weighted by atomic mass is 10.2. The Morgan fingerprint density at radius 1 is 1.17 bits per heavy atom. The van der Waals surface area contributed by atoms with Crippen LogP contribution in [0.1, 0.15) is 0 Å². The van der Waals surface area contributed by atoms with E-state index in [1.165, 1.54) is 24.7 Å². The van der Waals surface area contributed by atoms with Crippen molar-refractivity contribution in [3.8, 4) is 5.75 Å². The van der Waals surface area contributed by atoms with Gasteiger partial charge in [0.1, 0.15) is 23.3 Å². The molecule has 0 aliphatic carbocycles. The van der Waals surface area contributed by atoms with Gasteiger partial charge in [0, 0.05) is 11.9 Å². The molecule has 0 saturated heterocycles. The minimum Gasteiger partial charge on any atom is -0.406 e. The number of nitrogens with zero attached hydrogens (tertiary/aromatic N) is 2. The summed E-state index contributed by atoms with van der Waals surface area (Å²) in [4.78, 5) is 22.6. The van der Waals surface area contributed by atoms with E-state index in [2.05, 4.69) is 40.9 Å². The number of anilines is 2. The molecule has 2 N–H and O–H groups in total. The molecule has 6 nitrogen and oxygen atoms in total. The Morgan fingerprint density at radius 3 is 2.54 bits per heavy atom. The Hall–Kier alpha value is -2.62. The van der Waals surface area contributed by atoms with E-state index in [0.29, 0.717) is 15.7 Å². The highest BCUT2D eigenvalue weighted by molar-refractivity contribution is 9.10. The Morgan fingerprint density at radius 2 is 1.88 bits per heavy atom. The number of hydrogen-bond acceptors (Lipinski definition) is 5. The van der Waals surface area contributed by atoms with Gasteiger partial charge in [-0.1, -0.05) is 0 Å². The highest BCUT2D eigenvalue weighted by Gasteiger charge is 2.30. The van der Waals surface area contributed by atoms with Crippen LogP contribution in [-0.4, -0.2) is 21.3 Å². The van der Waals surface area contributed by atoms with Gasteiger partial charge in [-0.05, 0) is 40.2 Å². The summed E-state index contributed by atoms with van der Waals surface area (Å²) in [5.41, 5.74) is 0.450. The molecule has 0 spiro atoms. The average molecular weight is 401 g/mol. The third-order valence-corrected chi connectivity index (χ3v) is 3.59. The number of hydrogen-bond donors (Lipinski definition) is 2. The monoisotopic (exact) mass is 400 g/mol. The number of alkyl halides is 3. The lowest BCUT2D eigenvalue weighted by Gasteiger charge is -2.11. The van der Waals surface area contributed by atoms with Crippen molar-refractivity contribution in [3.63, 3.8) is 0 Å². The number of aromatic nitrogens is 3. The topological polar surface area (TPSA) is 79.9 Å². The van der Waals surface area contributed by atoms with Gasteiger partial charge in [0.15, 0.2) is 0 Å². The van der Waals surface area contributed by atoms with E-state index in [9.17, 15) is 18.0 Å². The van der Waals surface area contributed by atoms with E-state index in [-0.39, 0.29) is 17.0 Å². The van der Waals surface area contributed by atoms with Crippen molar-refractivity contribution in [1.82, 2.24) is 15.0 Å². The lowest BCUT2D eigenvalue weighted by molar-refractivity contribution is -0.274. The zero-order chi connectivity index (χ0) is 17.3. The van der Waals surface area contributed by atoms with E-state index < -0.39 is 11.9 Å². The van der Waals surface area contributed by atoms with Crippen LogP contribution in [0.2, 0.25) is 0 Å². The molecule has 0 aliphatic rings. The Kier molecular flexibility index (Phi) is 4.14. The molecular formula is C14H8BrF3N4O2. The molecule has 0 fully saturated rings. The maximum atomic E-state index is 12.1. The second-order valence-corrected chi connectivity index (χ2v) is 5.46. The standard InChI is InChI=1S/C14H8BrF3N4O2/c15-9-5-19-13(23)10-11(9)20-6-21-12(10)22-7-1-3-8(4-2-7)24-14(16,17)18/h1-6H,(H,19,23)(H,20,21,22). The summed E-state index contributed by atoms with van der Waals surface area (Å²) in [7, 11) is 0. The smallest absolute Gasteiger partial charge is 0.406 e. The zero-order valence-corrected chi connectivity index (χ0v) is 13.3. The number of H-pyrrole nitrogens is 1. The lowest BCUT2D eigenvalue weighted by Crippen LogP contribution is -2.17. The maximum Gasteiger partial charge on any atom is 0.573 e. The predicted octanol–water partition coefficient (Wildman–Crippen LogP) is 3.72. The summed E-state index contributed by atoms with van der Waals surface area (Å²) in [6, 6.07) is 5.06. The summed E-state index contributed by atoms with van der Waals surface area (Å²) in [5, 5.41) is 3.10. The maximum absolute atomic E-state index is 12.1. The molecule has 2 heterocycles. The van der Waals surface area contributed by atoms with Gasteiger partial charge >= 0.3 is 6.36 Å². The van der Waals surface area contributed by atoms with Gasteiger partial charge < -0.3 is 15.0 Å². The van der Waals surface area contributed by atoms with Crippen LogP contribution in [0.4, 0.5) is 24.7 Å². The summed E-state index contributed by atoms with van der Waals surface area (Å²) < 4.78 is 40.8. The molecule has 2 aromatic heterocycles. The molecule has 0 saturated carbocycles. The first kappa shape index (κ1) is 16.2. The van der Waals surface area contributed by atoms with Crippen molar-refractivity contribution in [2.45, 2.75) is 6.36 Å². The molecular weight excluding hydrogens is 393 g/mol. The first-order valence-corrected chi connectivity index (χ1v) is 7.27. The van der Waals surface area contributed by atoms with Crippen LogP contribution < -0.4 is 15.6 Å². The Labute approximate surface area is 140 Å². The van der Waals surface area contributed by atoms with Crippen LogP contribution in [0.5, 0.6) is 5.75 Å². The minimum atomic E-state index is -4.75. The van der Waals surface area contributed by atoms with Crippen molar-refractivity contribution in [2.24, 2.45) is 0 Å². The molecule has 3 rings (SSSR count). The molecule has 0 radical (unpaired) electrons.